The van der Waals surface area contributed by atoms with Crippen LogP contribution in [0.25, 0.3) is 10.9 Å². The molecule has 1 aliphatic carbocycles. The molecule has 92 valence electrons. The fourth-order valence-electron chi connectivity index (χ4n) is 2.82. The van der Waals surface area contributed by atoms with E-state index in [0.29, 0.717) is 5.78 Å². The van der Waals surface area contributed by atoms with E-state index in [2.05, 4.69) is 4.98 Å². The van der Waals surface area contributed by atoms with Crippen molar-refractivity contribution in [1.29, 1.82) is 0 Å². The Hall–Kier alpha value is -1.70. The summed E-state index contributed by atoms with van der Waals surface area (Å²) in [7, 11) is 0. The minimum atomic E-state index is 0.236. The highest BCUT2D eigenvalue weighted by Gasteiger charge is 2.22. The molecule has 3 rings (SSSR count). The van der Waals surface area contributed by atoms with Gasteiger partial charge in [-0.15, -0.1) is 0 Å². The number of hydrogen-bond donors (Lipinski definition) is 0. The monoisotopic (exact) mass is 239 g/mol. The van der Waals surface area contributed by atoms with Crippen molar-refractivity contribution in [2.24, 2.45) is 5.92 Å². The topological polar surface area (TPSA) is 30.0 Å². The van der Waals surface area contributed by atoms with Crippen LogP contribution in [0.1, 0.15) is 42.5 Å². The summed E-state index contributed by atoms with van der Waals surface area (Å²) in [4.78, 5) is 16.7. The second kappa shape index (κ2) is 4.89. The SMILES string of the molecule is O=C(c1ccc2cccnc2c1)C1CCCCC1. The van der Waals surface area contributed by atoms with Gasteiger partial charge in [0.1, 0.15) is 0 Å². The van der Waals surface area contributed by atoms with Gasteiger partial charge in [0.15, 0.2) is 5.78 Å². The summed E-state index contributed by atoms with van der Waals surface area (Å²) < 4.78 is 0. The van der Waals surface area contributed by atoms with Gasteiger partial charge in [-0.05, 0) is 25.0 Å². The van der Waals surface area contributed by atoms with Crippen molar-refractivity contribution in [3.63, 3.8) is 0 Å². The van der Waals surface area contributed by atoms with Crippen molar-refractivity contribution in [2.45, 2.75) is 32.1 Å². The first-order valence-electron chi connectivity index (χ1n) is 6.73. The van der Waals surface area contributed by atoms with Gasteiger partial charge in [0.2, 0.25) is 0 Å². The third-order valence-electron chi connectivity index (χ3n) is 3.87. The van der Waals surface area contributed by atoms with E-state index in [-0.39, 0.29) is 5.92 Å². The first-order valence-corrected chi connectivity index (χ1v) is 6.73. The highest BCUT2D eigenvalue weighted by atomic mass is 16.1. The molecular weight excluding hydrogens is 222 g/mol. The zero-order valence-electron chi connectivity index (χ0n) is 10.4. The molecule has 0 spiro atoms. The highest BCUT2D eigenvalue weighted by molar-refractivity contribution is 6.00. The van der Waals surface area contributed by atoms with Crippen LogP contribution >= 0.6 is 0 Å². The first-order chi connectivity index (χ1) is 8.84. The van der Waals surface area contributed by atoms with Crippen LogP contribution in [0, 0.1) is 5.92 Å². The largest absolute Gasteiger partial charge is 0.294 e. The van der Waals surface area contributed by atoms with E-state index in [9.17, 15) is 4.79 Å². The molecule has 0 saturated heterocycles. The Bertz CT molecular complexity index is 570. The molecule has 1 heterocycles. The number of rotatable bonds is 2. The Kier molecular flexibility index (Phi) is 3.09. The van der Waals surface area contributed by atoms with Gasteiger partial charge < -0.3 is 0 Å². The zero-order chi connectivity index (χ0) is 12.4. The van der Waals surface area contributed by atoms with Crippen LogP contribution < -0.4 is 0 Å². The molecule has 0 amide bonds. The number of carbonyl (C=O) groups excluding carboxylic acids is 1. The molecule has 0 bridgehead atoms. The van der Waals surface area contributed by atoms with Gasteiger partial charge in [-0.1, -0.05) is 37.5 Å². The van der Waals surface area contributed by atoms with E-state index in [1.54, 1.807) is 6.20 Å². The molecule has 1 saturated carbocycles. The van der Waals surface area contributed by atoms with Crippen LogP contribution in [0.2, 0.25) is 0 Å². The second-order valence-electron chi connectivity index (χ2n) is 5.11. The number of benzene rings is 1. The quantitative estimate of drug-likeness (QED) is 0.741. The summed E-state index contributed by atoms with van der Waals surface area (Å²) in [5.41, 5.74) is 1.74. The average Bonchev–Trinajstić information content (AvgIpc) is 2.47. The lowest BCUT2D eigenvalue weighted by Crippen LogP contribution is -2.17. The summed E-state index contributed by atoms with van der Waals surface area (Å²) in [5, 5.41) is 1.10. The minimum absolute atomic E-state index is 0.236. The lowest BCUT2D eigenvalue weighted by molar-refractivity contribution is 0.0889. The Morgan fingerprint density at radius 2 is 1.94 bits per heavy atom. The molecular formula is C16H17NO. The molecule has 18 heavy (non-hydrogen) atoms. The summed E-state index contributed by atoms with van der Waals surface area (Å²) in [6, 6.07) is 9.83. The maximum atomic E-state index is 12.4. The lowest BCUT2D eigenvalue weighted by Gasteiger charge is -2.20. The number of carbonyl (C=O) groups is 1. The maximum Gasteiger partial charge on any atom is 0.166 e. The molecule has 0 aliphatic heterocycles. The van der Waals surface area contributed by atoms with Crippen LogP contribution in [0.4, 0.5) is 0 Å². The van der Waals surface area contributed by atoms with Crippen molar-refractivity contribution < 1.29 is 4.79 Å². The summed E-state index contributed by atoms with van der Waals surface area (Å²) in [6.07, 6.45) is 7.56. The predicted octanol–water partition coefficient (Wildman–Crippen LogP) is 4.00. The molecule has 2 aromatic rings. The number of aromatic nitrogens is 1. The third-order valence-corrected chi connectivity index (χ3v) is 3.87. The Balaban J connectivity index is 1.91. The molecule has 2 heteroatoms. The van der Waals surface area contributed by atoms with Crippen molar-refractivity contribution in [3.8, 4) is 0 Å². The smallest absolute Gasteiger partial charge is 0.166 e. The molecule has 1 fully saturated rings. The van der Waals surface area contributed by atoms with E-state index in [1.807, 2.05) is 30.3 Å². The van der Waals surface area contributed by atoms with E-state index >= 15 is 0 Å². The summed E-state index contributed by atoms with van der Waals surface area (Å²) >= 11 is 0. The number of ketones is 1. The second-order valence-corrected chi connectivity index (χ2v) is 5.11. The van der Waals surface area contributed by atoms with Crippen LogP contribution in [0.3, 0.4) is 0 Å². The molecule has 1 aromatic heterocycles. The van der Waals surface area contributed by atoms with E-state index in [4.69, 9.17) is 0 Å². The first kappa shape index (κ1) is 11.4. The molecule has 1 aliphatic rings. The van der Waals surface area contributed by atoms with E-state index in [1.165, 1.54) is 19.3 Å². The van der Waals surface area contributed by atoms with Crippen LogP contribution in [0.15, 0.2) is 36.5 Å². The van der Waals surface area contributed by atoms with Crippen molar-refractivity contribution in [2.75, 3.05) is 0 Å². The van der Waals surface area contributed by atoms with Crippen molar-refractivity contribution >= 4 is 16.7 Å². The highest BCUT2D eigenvalue weighted by Crippen LogP contribution is 2.27. The molecule has 0 N–H and O–H groups in total. The molecule has 0 atom stereocenters. The Morgan fingerprint density at radius 3 is 2.78 bits per heavy atom. The summed E-state index contributed by atoms with van der Waals surface area (Å²) in [6.45, 7) is 0. The van der Waals surface area contributed by atoms with Gasteiger partial charge in [-0.25, -0.2) is 0 Å². The number of fused-ring (bicyclic) bond motifs is 1. The maximum absolute atomic E-state index is 12.4. The van der Waals surface area contributed by atoms with Gasteiger partial charge in [0.25, 0.3) is 0 Å². The normalized spacial score (nSPS) is 16.9. The van der Waals surface area contributed by atoms with Gasteiger partial charge in [0, 0.05) is 23.1 Å². The number of nitrogens with zero attached hydrogens (tertiary/aromatic N) is 1. The average molecular weight is 239 g/mol. The zero-order valence-corrected chi connectivity index (χ0v) is 10.4. The Labute approximate surface area is 107 Å². The Morgan fingerprint density at radius 1 is 1.11 bits per heavy atom. The van der Waals surface area contributed by atoms with Gasteiger partial charge in [-0.3, -0.25) is 9.78 Å². The summed E-state index contributed by atoms with van der Waals surface area (Å²) in [5.74, 6) is 0.544. The third kappa shape index (κ3) is 2.15. The molecule has 2 nitrogen and oxygen atoms in total. The van der Waals surface area contributed by atoms with Gasteiger partial charge >= 0.3 is 0 Å². The van der Waals surface area contributed by atoms with Gasteiger partial charge in [-0.2, -0.15) is 0 Å². The lowest BCUT2D eigenvalue weighted by atomic mass is 9.84. The van der Waals surface area contributed by atoms with Crippen LogP contribution in [-0.2, 0) is 0 Å². The number of pyridine rings is 1. The number of hydrogen-bond acceptors (Lipinski definition) is 2. The van der Waals surface area contributed by atoms with Crippen LogP contribution in [0.5, 0.6) is 0 Å². The molecule has 1 aromatic carbocycles. The fraction of sp³-hybridized carbons (Fsp3) is 0.375. The standard InChI is InChI=1S/C16H17NO/c18-16(13-5-2-1-3-6-13)14-9-8-12-7-4-10-17-15(12)11-14/h4,7-11,13H,1-3,5-6H2. The molecule has 0 radical (unpaired) electrons. The molecule has 0 unspecified atom stereocenters. The van der Waals surface area contributed by atoms with E-state index in [0.717, 1.165) is 29.3 Å². The van der Waals surface area contributed by atoms with Crippen molar-refractivity contribution in [3.05, 3.63) is 42.1 Å². The van der Waals surface area contributed by atoms with Crippen molar-refractivity contribution in [1.82, 2.24) is 4.98 Å². The fourth-order valence-corrected chi connectivity index (χ4v) is 2.82. The minimum Gasteiger partial charge on any atom is -0.294 e. The van der Waals surface area contributed by atoms with Crippen LogP contribution in [-0.4, -0.2) is 10.8 Å². The predicted molar refractivity (Wildman–Crippen MR) is 72.6 cm³/mol. The van der Waals surface area contributed by atoms with E-state index < -0.39 is 0 Å². The number of Topliss-reactive ketones (excluding diaryl/α,β-unsaturated/α-hetero) is 1. The van der Waals surface area contributed by atoms with Gasteiger partial charge in [0.05, 0.1) is 5.52 Å².